The Hall–Kier alpha value is 0.248. The molecule has 0 aliphatic heterocycles. The number of hydrogen-bond donors (Lipinski definition) is 2. The van der Waals surface area contributed by atoms with Crippen molar-refractivity contribution >= 4 is 30.4 Å². The van der Waals surface area contributed by atoms with E-state index in [4.69, 9.17) is 10.2 Å². The third-order valence-corrected chi connectivity index (χ3v) is 1.55. The van der Waals surface area contributed by atoms with E-state index >= 15 is 0 Å². The molecule has 0 aromatic carbocycles. The molecule has 74 valence electrons. The van der Waals surface area contributed by atoms with Crippen molar-refractivity contribution in [1.82, 2.24) is 0 Å². The molecule has 3 nitrogen and oxygen atoms in total. The number of unbranched alkanes of at least 4 members (excludes halogenated alkanes) is 4. The van der Waals surface area contributed by atoms with Crippen molar-refractivity contribution < 1.29 is 15.0 Å². The molecule has 0 unspecified atom stereocenters. The number of aliphatic hydroxyl groups is 1. The van der Waals surface area contributed by atoms with Crippen molar-refractivity contribution in [3.8, 4) is 0 Å². The van der Waals surface area contributed by atoms with Gasteiger partial charge >= 0.3 is 30.4 Å². The Bertz CT molecular complexity index is 106. The van der Waals surface area contributed by atoms with Crippen LogP contribution < -0.4 is 0 Å². The minimum absolute atomic E-state index is 0. The Kier molecular flexibility index (Phi) is 13.8. The Morgan fingerprint density at radius 2 is 1.50 bits per heavy atom. The number of carboxylic acids is 1. The van der Waals surface area contributed by atoms with Crippen molar-refractivity contribution in [1.29, 1.82) is 0 Å². The van der Waals surface area contributed by atoms with Gasteiger partial charge in [0.25, 0.3) is 0 Å². The Morgan fingerprint density at radius 1 is 1.00 bits per heavy atom. The molecule has 0 bridgehead atoms. The molecule has 0 atom stereocenters. The molecular weight excluding hydrogens is 266 g/mol. The van der Waals surface area contributed by atoms with Crippen LogP contribution in [-0.4, -0.2) is 47.2 Å². The molecule has 0 rings (SSSR count). The summed E-state index contributed by atoms with van der Waals surface area (Å²) in [7, 11) is 0. The van der Waals surface area contributed by atoms with E-state index in [1.165, 1.54) is 0 Å². The molecule has 0 heterocycles. The summed E-state index contributed by atoms with van der Waals surface area (Å²) in [5.74, 6) is -0.716. The van der Waals surface area contributed by atoms with E-state index in [0.717, 1.165) is 32.1 Å². The Balaban J connectivity index is 0. The van der Waals surface area contributed by atoms with Crippen LogP contribution in [0, 0.1) is 0 Å². The third-order valence-electron chi connectivity index (χ3n) is 1.55. The first-order valence-corrected chi connectivity index (χ1v) is 4.10. The zero-order chi connectivity index (χ0) is 8.53. The predicted octanol–water partition coefficient (Wildman–Crippen LogP) is 0.220. The van der Waals surface area contributed by atoms with Gasteiger partial charge in [-0.3, -0.25) is 4.79 Å². The van der Waals surface area contributed by atoms with Crippen molar-refractivity contribution in [3.05, 3.63) is 0 Å². The fourth-order valence-corrected chi connectivity index (χ4v) is 0.918. The molecule has 0 aliphatic rings. The first-order valence-electron chi connectivity index (χ1n) is 4.10. The van der Waals surface area contributed by atoms with Gasteiger partial charge in [-0.25, -0.2) is 0 Å². The molecule has 0 fully saturated rings. The van der Waals surface area contributed by atoms with Crippen molar-refractivity contribution in [2.45, 2.75) is 38.5 Å². The Morgan fingerprint density at radius 3 is 2.00 bits per heavy atom. The zero-order valence-corrected chi connectivity index (χ0v) is 11.5. The molecule has 0 radical (unpaired) electrons. The maximum absolute atomic E-state index is 10.0. The molecular formula is C8H19O3Sb. The summed E-state index contributed by atoms with van der Waals surface area (Å²) in [6.07, 6.45) is 4.89. The summed E-state index contributed by atoms with van der Waals surface area (Å²) in [6.45, 7) is 0.249. The standard InChI is InChI=1S/C8H16O3.Sb.3H/c9-7-5-3-1-2-4-6-8(10)11;;;;/h9H,1-7H2,(H,10,11);;;;. The van der Waals surface area contributed by atoms with E-state index in [2.05, 4.69) is 0 Å². The quantitative estimate of drug-likeness (QED) is 0.519. The average molecular weight is 285 g/mol. The van der Waals surface area contributed by atoms with Gasteiger partial charge in [0.05, 0.1) is 0 Å². The van der Waals surface area contributed by atoms with Crippen LogP contribution >= 0.6 is 0 Å². The van der Waals surface area contributed by atoms with Gasteiger partial charge < -0.3 is 10.2 Å². The van der Waals surface area contributed by atoms with Gasteiger partial charge in [0, 0.05) is 13.0 Å². The molecule has 0 aromatic heterocycles. The van der Waals surface area contributed by atoms with Crippen LogP contribution in [-0.2, 0) is 4.79 Å². The van der Waals surface area contributed by atoms with Gasteiger partial charge in [-0.1, -0.05) is 19.3 Å². The summed E-state index contributed by atoms with van der Waals surface area (Å²) < 4.78 is 0. The second kappa shape index (κ2) is 11.2. The summed E-state index contributed by atoms with van der Waals surface area (Å²) >= 11 is 0. The number of aliphatic hydroxyl groups excluding tert-OH is 1. The SMILES string of the molecule is O=C(O)CCCCCCCO.[SbH3]. The van der Waals surface area contributed by atoms with Gasteiger partial charge in [-0.05, 0) is 12.8 Å². The van der Waals surface area contributed by atoms with Crippen LogP contribution in [0.4, 0.5) is 0 Å². The average Bonchev–Trinajstić information content (AvgIpc) is 1.96. The number of hydrogen-bond acceptors (Lipinski definition) is 2. The number of carbonyl (C=O) groups is 1. The second-order valence-electron chi connectivity index (χ2n) is 2.64. The summed E-state index contributed by atoms with van der Waals surface area (Å²) in [4.78, 5) is 10.0. The van der Waals surface area contributed by atoms with Crippen LogP contribution in [0.2, 0.25) is 0 Å². The van der Waals surface area contributed by atoms with Crippen LogP contribution in [0.15, 0.2) is 0 Å². The van der Waals surface area contributed by atoms with Gasteiger partial charge in [0.15, 0.2) is 0 Å². The third kappa shape index (κ3) is 12.9. The van der Waals surface area contributed by atoms with Gasteiger partial charge in [-0.2, -0.15) is 0 Å². The first-order chi connectivity index (χ1) is 5.27. The topological polar surface area (TPSA) is 57.5 Å². The molecule has 0 saturated carbocycles. The molecule has 0 aliphatic carbocycles. The number of carboxylic acid groups (broad SMARTS) is 1. The molecule has 0 saturated heterocycles. The molecule has 2 N–H and O–H groups in total. The molecule has 0 amide bonds. The molecule has 4 heteroatoms. The maximum atomic E-state index is 10.0. The van der Waals surface area contributed by atoms with Gasteiger partial charge in [0.2, 0.25) is 0 Å². The van der Waals surface area contributed by atoms with Crippen LogP contribution in [0.1, 0.15) is 38.5 Å². The normalized spacial score (nSPS) is 9.08. The first kappa shape index (κ1) is 14.8. The fourth-order valence-electron chi connectivity index (χ4n) is 0.918. The van der Waals surface area contributed by atoms with Crippen LogP contribution in [0.25, 0.3) is 0 Å². The molecule has 0 spiro atoms. The minimum atomic E-state index is -0.716. The monoisotopic (exact) mass is 284 g/mol. The van der Waals surface area contributed by atoms with E-state index in [1.54, 1.807) is 0 Å². The van der Waals surface area contributed by atoms with Crippen LogP contribution in [0.5, 0.6) is 0 Å². The van der Waals surface area contributed by atoms with Crippen molar-refractivity contribution in [2.75, 3.05) is 6.61 Å². The molecule has 0 aromatic rings. The van der Waals surface area contributed by atoms with Gasteiger partial charge in [0.1, 0.15) is 0 Å². The summed E-state index contributed by atoms with van der Waals surface area (Å²) in [5.41, 5.74) is 0. The predicted molar refractivity (Wildman–Crippen MR) is 52.4 cm³/mol. The van der Waals surface area contributed by atoms with Crippen LogP contribution in [0.3, 0.4) is 0 Å². The zero-order valence-electron chi connectivity index (χ0n) is 7.46. The van der Waals surface area contributed by atoms with Crippen molar-refractivity contribution in [3.63, 3.8) is 0 Å². The number of rotatable bonds is 7. The van der Waals surface area contributed by atoms with E-state index in [9.17, 15) is 4.79 Å². The van der Waals surface area contributed by atoms with E-state index in [-0.39, 0.29) is 37.5 Å². The van der Waals surface area contributed by atoms with Crippen molar-refractivity contribution in [2.24, 2.45) is 0 Å². The van der Waals surface area contributed by atoms with E-state index < -0.39 is 5.97 Å². The summed E-state index contributed by atoms with van der Waals surface area (Å²) in [5, 5.41) is 16.7. The Labute approximate surface area is 90.6 Å². The molecule has 12 heavy (non-hydrogen) atoms. The summed E-state index contributed by atoms with van der Waals surface area (Å²) in [6, 6.07) is 0. The fraction of sp³-hybridized carbons (Fsp3) is 0.875. The second-order valence-corrected chi connectivity index (χ2v) is 2.64. The van der Waals surface area contributed by atoms with E-state index in [1.807, 2.05) is 0 Å². The van der Waals surface area contributed by atoms with E-state index in [0.29, 0.717) is 0 Å². The van der Waals surface area contributed by atoms with Gasteiger partial charge in [-0.15, -0.1) is 0 Å². The number of aliphatic carboxylic acids is 1.